The lowest BCUT2D eigenvalue weighted by molar-refractivity contribution is 0.181. The maximum absolute atomic E-state index is 10.3. The van der Waals surface area contributed by atoms with Gasteiger partial charge in [0, 0.05) is 6.42 Å². The quantitative estimate of drug-likeness (QED) is 0.914. The van der Waals surface area contributed by atoms with Crippen molar-refractivity contribution in [2.24, 2.45) is 0 Å². The van der Waals surface area contributed by atoms with Crippen LogP contribution in [-0.2, 0) is 6.42 Å². The van der Waals surface area contributed by atoms with E-state index in [9.17, 15) is 5.11 Å². The Kier molecular flexibility index (Phi) is 3.83. The van der Waals surface area contributed by atoms with Crippen molar-refractivity contribution in [2.45, 2.75) is 40.2 Å². The first-order valence-electron chi connectivity index (χ1n) is 6.14. The second-order valence-electron chi connectivity index (χ2n) is 4.90. The Balaban J connectivity index is 2.27. The molecular formula is C15H19NOS. The van der Waals surface area contributed by atoms with Crippen LogP contribution in [0, 0.1) is 27.7 Å². The highest BCUT2D eigenvalue weighted by atomic mass is 32.1. The van der Waals surface area contributed by atoms with Crippen molar-refractivity contribution >= 4 is 11.3 Å². The monoisotopic (exact) mass is 261 g/mol. The van der Waals surface area contributed by atoms with E-state index >= 15 is 0 Å². The molecule has 1 heterocycles. The second-order valence-corrected chi connectivity index (χ2v) is 5.79. The van der Waals surface area contributed by atoms with Gasteiger partial charge in [-0.15, -0.1) is 11.3 Å². The minimum absolute atomic E-state index is 0.447. The Hall–Kier alpha value is -1.19. The van der Waals surface area contributed by atoms with Crippen molar-refractivity contribution in [3.63, 3.8) is 0 Å². The molecule has 0 aliphatic carbocycles. The fourth-order valence-corrected chi connectivity index (χ4v) is 3.24. The summed E-state index contributed by atoms with van der Waals surface area (Å²) in [7, 11) is 0. The predicted molar refractivity (Wildman–Crippen MR) is 76.2 cm³/mol. The van der Waals surface area contributed by atoms with E-state index in [0.29, 0.717) is 6.42 Å². The van der Waals surface area contributed by atoms with Crippen molar-refractivity contribution < 1.29 is 5.11 Å². The lowest BCUT2D eigenvalue weighted by atomic mass is 9.95. The summed E-state index contributed by atoms with van der Waals surface area (Å²) in [6.45, 7) is 8.28. The Bertz CT molecular complexity index is 536. The normalized spacial score (nSPS) is 12.7. The van der Waals surface area contributed by atoms with Gasteiger partial charge in [0.05, 0.1) is 22.2 Å². The lowest BCUT2D eigenvalue weighted by Crippen LogP contribution is -2.05. The Labute approximate surface area is 112 Å². The first kappa shape index (κ1) is 13.2. The zero-order chi connectivity index (χ0) is 13.3. The fourth-order valence-electron chi connectivity index (χ4n) is 2.45. The number of thiazole rings is 1. The molecule has 1 aromatic heterocycles. The highest BCUT2D eigenvalue weighted by molar-refractivity contribution is 7.09. The van der Waals surface area contributed by atoms with Gasteiger partial charge in [0.2, 0.25) is 0 Å². The van der Waals surface area contributed by atoms with Crippen molar-refractivity contribution in [3.8, 4) is 0 Å². The van der Waals surface area contributed by atoms with Crippen LogP contribution in [0.4, 0.5) is 0 Å². The van der Waals surface area contributed by atoms with Gasteiger partial charge in [-0.25, -0.2) is 4.98 Å². The summed E-state index contributed by atoms with van der Waals surface area (Å²) < 4.78 is 0. The van der Waals surface area contributed by atoms with Gasteiger partial charge in [-0.2, -0.15) is 0 Å². The van der Waals surface area contributed by atoms with Crippen LogP contribution in [0.1, 0.15) is 38.9 Å². The third kappa shape index (κ3) is 2.62. The number of rotatable bonds is 3. The highest BCUT2D eigenvalue weighted by Crippen LogP contribution is 2.27. The van der Waals surface area contributed by atoms with E-state index in [1.807, 2.05) is 6.92 Å². The van der Waals surface area contributed by atoms with E-state index < -0.39 is 6.10 Å². The molecule has 0 bridgehead atoms. The predicted octanol–water partition coefficient (Wildman–Crippen LogP) is 3.65. The highest BCUT2D eigenvalue weighted by Gasteiger charge is 2.16. The molecule has 0 saturated carbocycles. The average molecular weight is 261 g/mol. The second kappa shape index (κ2) is 5.21. The minimum atomic E-state index is -0.447. The van der Waals surface area contributed by atoms with Gasteiger partial charge in [0.1, 0.15) is 0 Å². The average Bonchev–Trinajstić information content (AvgIpc) is 2.69. The van der Waals surface area contributed by atoms with Crippen LogP contribution >= 0.6 is 11.3 Å². The molecule has 0 fully saturated rings. The largest absolute Gasteiger partial charge is 0.387 e. The molecular weight excluding hydrogens is 242 g/mol. The summed E-state index contributed by atoms with van der Waals surface area (Å²) in [4.78, 5) is 5.18. The molecule has 0 aliphatic rings. The molecule has 0 amide bonds. The molecule has 0 spiro atoms. The number of aliphatic hydroxyl groups excluding tert-OH is 1. The van der Waals surface area contributed by atoms with Gasteiger partial charge in [0.25, 0.3) is 0 Å². The van der Waals surface area contributed by atoms with Crippen molar-refractivity contribution in [1.29, 1.82) is 0 Å². The molecule has 1 N–H and O–H groups in total. The summed E-state index contributed by atoms with van der Waals surface area (Å²) in [6.07, 6.45) is 0.221. The molecule has 2 aromatic rings. The van der Waals surface area contributed by atoms with Gasteiger partial charge in [-0.05, 0) is 44.4 Å². The zero-order valence-corrected chi connectivity index (χ0v) is 12.1. The van der Waals surface area contributed by atoms with Crippen molar-refractivity contribution in [1.82, 2.24) is 4.98 Å². The topological polar surface area (TPSA) is 33.1 Å². The van der Waals surface area contributed by atoms with Gasteiger partial charge in [-0.1, -0.05) is 17.7 Å². The molecule has 2 rings (SSSR count). The third-order valence-electron chi connectivity index (χ3n) is 3.32. The molecule has 18 heavy (non-hydrogen) atoms. The van der Waals surface area contributed by atoms with E-state index in [4.69, 9.17) is 0 Å². The molecule has 0 aliphatic heterocycles. The summed E-state index contributed by atoms with van der Waals surface area (Å²) in [5.41, 5.74) is 7.78. The SMILES string of the molecule is Cc1cc(C)c(CC(O)c2scnc2C)c(C)c1. The van der Waals surface area contributed by atoms with Crippen LogP contribution in [0.2, 0.25) is 0 Å². The number of benzene rings is 1. The van der Waals surface area contributed by atoms with Gasteiger partial charge in [0.15, 0.2) is 0 Å². The summed E-state index contributed by atoms with van der Waals surface area (Å²) in [5, 5.41) is 10.3. The number of aromatic nitrogens is 1. The Morgan fingerprint density at radius 3 is 2.28 bits per heavy atom. The number of aliphatic hydroxyl groups is 1. The Morgan fingerprint density at radius 2 is 1.78 bits per heavy atom. The fraction of sp³-hybridized carbons (Fsp3) is 0.400. The summed E-state index contributed by atoms with van der Waals surface area (Å²) in [6, 6.07) is 4.35. The molecule has 1 atom stereocenters. The van der Waals surface area contributed by atoms with Gasteiger partial charge >= 0.3 is 0 Å². The molecule has 1 aromatic carbocycles. The molecule has 96 valence electrons. The van der Waals surface area contributed by atoms with E-state index in [2.05, 4.69) is 37.9 Å². The number of nitrogens with zero attached hydrogens (tertiary/aromatic N) is 1. The summed E-state index contributed by atoms with van der Waals surface area (Å²) >= 11 is 1.53. The van der Waals surface area contributed by atoms with Crippen LogP contribution in [-0.4, -0.2) is 10.1 Å². The minimum Gasteiger partial charge on any atom is -0.387 e. The molecule has 0 radical (unpaired) electrons. The van der Waals surface area contributed by atoms with Crippen molar-refractivity contribution in [3.05, 3.63) is 50.5 Å². The van der Waals surface area contributed by atoms with E-state index in [1.165, 1.54) is 33.6 Å². The van der Waals surface area contributed by atoms with E-state index in [-0.39, 0.29) is 0 Å². The van der Waals surface area contributed by atoms with Crippen molar-refractivity contribution in [2.75, 3.05) is 0 Å². The molecule has 2 nitrogen and oxygen atoms in total. The van der Waals surface area contributed by atoms with Crippen LogP contribution in [0.5, 0.6) is 0 Å². The number of hydrogen-bond acceptors (Lipinski definition) is 3. The maximum Gasteiger partial charge on any atom is 0.0941 e. The lowest BCUT2D eigenvalue weighted by Gasteiger charge is -2.15. The first-order valence-corrected chi connectivity index (χ1v) is 7.01. The Morgan fingerprint density at radius 1 is 1.17 bits per heavy atom. The van der Waals surface area contributed by atoms with Crippen LogP contribution < -0.4 is 0 Å². The first-order chi connectivity index (χ1) is 8.49. The molecule has 3 heteroatoms. The third-order valence-corrected chi connectivity index (χ3v) is 4.36. The zero-order valence-electron chi connectivity index (χ0n) is 11.3. The van der Waals surface area contributed by atoms with E-state index in [1.54, 1.807) is 5.51 Å². The number of aryl methyl sites for hydroxylation is 4. The maximum atomic E-state index is 10.3. The standard InChI is InChI=1S/C15H19NOS/c1-9-5-10(2)13(11(3)6-9)7-14(17)15-12(4)16-8-18-15/h5-6,8,14,17H,7H2,1-4H3. The summed E-state index contributed by atoms with van der Waals surface area (Å²) in [5.74, 6) is 0. The van der Waals surface area contributed by atoms with Gasteiger partial charge in [-0.3, -0.25) is 0 Å². The smallest absolute Gasteiger partial charge is 0.0941 e. The van der Waals surface area contributed by atoms with Crippen LogP contribution in [0.25, 0.3) is 0 Å². The van der Waals surface area contributed by atoms with E-state index in [0.717, 1.165) is 10.6 Å². The molecule has 0 saturated heterocycles. The molecule has 1 unspecified atom stereocenters. The van der Waals surface area contributed by atoms with Crippen LogP contribution in [0.3, 0.4) is 0 Å². The number of hydrogen-bond donors (Lipinski definition) is 1. The van der Waals surface area contributed by atoms with Gasteiger partial charge < -0.3 is 5.11 Å². The van der Waals surface area contributed by atoms with Crippen LogP contribution in [0.15, 0.2) is 17.6 Å².